The van der Waals surface area contributed by atoms with Gasteiger partial charge in [0.2, 0.25) is 17.7 Å². The molecule has 0 spiro atoms. The van der Waals surface area contributed by atoms with E-state index in [1.54, 1.807) is 39.8 Å². The quantitative estimate of drug-likeness (QED) is 0.240. The fraction of sp³-hybridized carbons (Fsp3) is 0.600. The summed E-state index contributed by atoms with van der Waals surface area (Å²) in [5.41, 5.74) is 6.62. The molecule has 0 radical (unpaired) electrons. The van der Waals surface area contributed by atoms with Crippen LogP contribution in [0, 0.1) is 17.8 Å². The summed E-state index contributed by atoms with van der Waals surface area (Å²) >= 11 is 0. The number of rotatable bonds is 13. The van der Waals surface area contributed by atoms with Crippen molar-refractivity contribution >= 4 is 23.7 Å². The summed E-state index contributed by atoms with van der Waals surface area (Å²) in [4.78, 5) is 50.4. The summed E-state index contributed by atoms with van der Waals surface area (Å²) in [5.74, 6) is -3.29. The summed E-state index contributed by atoms with van der Waals surface area (Å²) in [7, 11) is 0. The van der Waals surface area contributed by atoms with Crippen LogP contribution in [0.3, 0.4) is 0 Å². The Morgan fingerprint density at radius 2 is 1.34 bits per heavy atom. The molecule has 0 aromatic heterocycles. The van der Waals surface area contributed by atoms with Crippen molar-refractivity contribution < 1.29 is 29.4 Å². The molecule has 0 saturated carbocycles. The number of carbonyl (C=O) groups is 4. The van der Waals surface area contributed by atoms with Gasteiger partial charge in [-0.2, -0.15) is 0 Å². The molecule has 0 aliphatic rings. The molecular weight excluding hydrogens is 452 g/mol. The van der Waals surface area contributed by atoms with E-state index in [4.69, 9.17) is 5.73 Å². The Bertz CT molecular complexity index is 869. The smallest absolute Gasteiger partial charge is 0.326 e. The molecule has 0 aliphatic heterocycles. The van der Waals surface area contributed by atoms with Gasteiger partial charge >= 0.3 is 5.97 Å². The lowest BCUT2D eigenvalue weighted by Gasteiger charge is -2.28. The van der Waals surface area contributed by atoms with Gasteiger partial charge in [0, 0.05) is 6.42 Å². The van der Waals surface area contributed by atoms with Crippen LogP contribution < -0.4 is 21.7 Å². The highest BCUT2D eigenvalue weighted by molar-refractivity contribution is 5.94. The number of aromatic hydroxyl groups is 1. The molecule has 0 saturated heterocycles. The van der Waals surface area contributed by atoms with Gasteiger partial charge in [-0.1, -0.05) is 53.7 Å². The zero-order chi connectivity index (χ0) is 26.9. The third-order valence-electron chi connectivity index (χ3n) is 5.60. The van der Waals surface area contributed by atoms with Crippen LogP contribution in [0.4, 0.5) is 0 Å². The van der Waals surface area contributed by atoms with Crippen LogP contribution in [0.25, 0.3) is 0 Å². The van der Waals surface area contributed by atoms with Gasteiger partial charge in [0.1, 0.15) is 23.9 Å². The van der Waals surface area contributed by atoms with E-state index in [2.05, 4.69) is 16.0 Å². The molecule has 4 unspecified atom stereocenters. The minimum absolute atomic E-state index is 0.0403. The molecule has 1 rings (SSSR count). The van der Waals surface area contributed by atoms with E-state index in [1.165, 1.54) is 12.1 Å². The molecule has 7 N–H and O–H groups in total. The first kappa shape index (κ1) is 29.9. The number of carbonyl (C=O) groups excluding carboxylic acids is 3. The van der Waals surface area contributed by atoms with E-state index in [0.29, 0.717) is 5.56 Å². The summed E-state index contributed by atoms with van der Waals surface area (Å²) in [5, 5.41) is 26.8. The first-order valence-electron chi connectivity index (χ1n) is 11.9. The molecule has 10 nitrogen and oxygen atoms in total. The van der Waals surface area contributed by atoms with Gasteiger partial charge in [-0.3, -0.25) is 14.4 Å². The van der Waals surface area contributed by atoms with Crippen molar-refractivity contribution in [3.05, 3.63) is 29.8 Å². The molecule has 10 heteroatoms. The number of amides is 3. The minimum atomic E-state index is -1.15. The maximum absolute atomic E-state index is 13.2. The summed E-state index contributed by atoms with van der Waals surface area (Å²) < 4.78 is 0. The summed E-state index contributed by atoms with van der Waals surface area (Å²) in [6.07, 6.45) is 0.340. The Labute approximate surface area is 207 Å². The van der Waals surface area contributed by atoms with E-state index in [0.717, 1.165) is 0 Å². The van der Waals surface area contributed by atoms with Crippen LogP contribution in [-0.2, 0) is 25.6 Å². The number of carboxylic acids is 1. The highest BCUT2D eigenvalue weighted by atomic mass is 16.4. The van der Waals surface area contributed by atoms with Gasteiger partial charge in [0.15, 0.2) is 0 Å². The Kier molecular flexibility index (Phi) is 11.7. The third kappa shape index (κ3) is 9.94. The van der Waals surface area contributed by atoms with Crippen LogP contribution in [-0.4, -0.2) is 58.1 Å². The molecule has 1 aromatic carbocycles. The predicted octanol–water partition coefficient (Wildman–Crippen LogP) is 1.16. The Hall–Kier alpha value is -3.14. The molecule has 35 heavy (non-hydrogen) atoms. The highest BCUT2D eigenvalue weighted by Gasteiger charge is 2.32. The number of phenols is 1. The zero-order valence-electron chi connectivity index (χ0n) is 21.4. The Morgan fingerprint density at radius 3 is 1.80 bits per heavy atom. The zero-order valence-corrected chi connectivity index (χ0v) is 21.4. The predicted molar refractivity (Wildman–Crippen MR) is 132 cm³/mol. The second-order valence-corrected chi connectivity index (χ2v) is 9.96. The fourth-order valence-corrected chi connectivity index (χ4v) is 3.39. The largest absolute Gasteiger partial charge is 0.508 e. The standard InChI is InChI=1S/C25H40N4O6/c1-13(2)11-19(25(34)35)28-24(33)21(15(5)6)29-22(31)18(27-23(32)20(26)14(3)4)12-16-7-9-17(30)10-8-16/h7-10,13-15,18-21,30H,11-12,26H2,1-6H3,(H,27,32)(H,28,33)(H,29,31)(H,34,35). The van der Waals surface area contributed by atoms with Crippen molar-refractivity contribution in [2.75, 3.05) is 0 Å². The normalized spacial score (nSPS) is 14.8. The maximum atomic E-state index is 13.2. The topological polar surface area (TPSA) is 171 Å². The van der Waals surface area contributed by atoms with Crippen LogP contribution in [0.1, 0.15) is 53.5 Å². The second-order valence-electron chi connectivity index (χ2n) is 9.96. The van der Waals surface area contributed by atoms with Crippen molar-refractivity contribution in [1.82, 2.24) is 16.0 Å². The maximum Gasteiger partial charge on any atom is 0.326 e. The van der Waals surface area contributed by atoms with Gasteiger partial charge in [-0.25, -0.2) is 4.79 Å². The average molecular weight is 493 g/mol. The molecule has 0 fully saturated rings. The number of nitrogens with two attached hydrogens (primary N) is 1. The van der Waals surface area contributed by atoms with Gasteiger partial charge in [0.05, 0.1) is 6.04 Å². The molecule has 0 bridgehead atoms. The van der Waals surface area contributed by atoms with Gasteiger partial charge in [0.25, 0.3) is 0 Å². The van der Waals surface area contributed by atoms with Gasteiger partial charge < -0.3 is 31.9 Å². The van der Waals surface area contributed by atoms with Crippen LogP contribution in [0.5, 0.6) is 5.75 Å². The first-order valence-corrected chi connectivity index (χ1v) is 11.9. The Morgan fingerprint density at radius 1 is 0.800 bits per heavy atom. The van der Waals surface area contributed by atoms with Crippen molar-refractivity contribution in [3.8, 4) is 5.75 Å². The number of carboxylic acid groups (broad SMARTS) is 1. The highest BCUT2D eigenvalue weighted by Crippen LogP contribution is 2.13. The molecule has 0 aliphatic carbocycles. The Balaban J connectivity index is 3.10. The van der Waals surface area contributed by atoms with E-state index in [1.807, 2.05) is 13.8 Å². The number of hydrogen-bond acceptors (Lipinski definition) is 6. The number of phenolic OH excluding ortho intramolecular Hbond substituents is 1. The van der Waals surface area contributed by atoms with E-state index >= 15 is 0 Å². The van der Waals surface area contributed by atoms with E-state index in [9.17, 15) is 29.4 Å². The van der Waals surface area contributed by atoms with Crippen LogP contribution in [0.2, 0.25) is 0 Å². The molecule has 3 amide bonds. The van der Waals surface area contributed by atoms with Crippen molar-refractivity contribution in [1.29, 1.82) is 0 Å². The van der Waals surface area contributed by atoms with Crippen LogP contribution >= 0.6 is 0 Å². The molecular formula is C25H40N4O6. The fourth-order valence-electron chi connectivity index (χ4n) is 3.39. The summed E-state index contributed by atoms with van der Waals surface area (Å²) in [6, 6.07) is 2.21. The molecule has 4 atom stereocenters. The second kappa shape index (κ2) is 13.7. The van der Waals surface area contributed by atoms with Gasteiger partial charge in [-0.05, 0) is 41.9 Å². The average Bonchev–Trinajstić information content (AvgIpc) is 2.76. The van der Waals surface area contributed by atoms with E-state index < -0.39 is 47.9 Å². The number of nitrogens with one attached hydrogen (secondary N) is 3. The third-order valence-corrected chi connectivity index (χ3v) is 5.60. The summed E-state index contributed by atoms with van der Waals surface area (Å²) in [6.45, 7) is 10.7. The lowest BCUT2D eigenvalue weighted by Crippen LogP contribution is -2.59. The first-order chi connectivity index (χ1) is 16.2. The number of hydrogen-bond donors (Lipinski definition) is 6. The number of benzene rings is 1. The minimum Gasteiger partial charge on any atom is -0.508 e. The monoisotopic (exact) mass is 492 g/mol. The SMILES string of the molecule is CC(C)CC(NC(=O)C(NC(=O)C(Cc1ccc(O)cc1)NC(=O)C(N)C(C)C)C(C)C)C(=O)O. The lowest BCUT2D eigenvalue weighted by molar-refractivity contribution is -0.143. The molecule has 0 heterocycles. The van der Waals surface area contributed by atoms with Gasteiger partial charge in [-0.15, -0.1) is 0 Å². The lowest BCUT2D eigenvalue weighted by atomic mass is 9.98. The van der Waals surface area contributed by atoms with Crippen molar-refractivity contribution in [2.24, 2.45) is 23.5 Å². The van der Waals surface area contributed by atoms with Crippen molar-refractivity contribution in [2.45, 2.75) is 78.6 Å². The number of aliphatic carboxylic acids is 1. The molecule has 1 aromatic rings. The van der Waals surface area contributed by atoms with Crippen LogP contribution in [0.15, 0.2) is 24.3 Å². The van der Waals surface area contributed by atoms with E-state index in [-0.39, 0.29) is 36.3 Å². The van der Waals surface area contributed by atoms with Crippen molar-refractivity contribution in [3.63, 3.8) is 0 Å². The molecule has 196 valence electrons.